The van der Waals surface area contributed by atoms with Gasteiger partial charge in [-0.2, -0.15) is 0 Å². The van der Waals surface area contributed by atoms with Crippen LogP contribution in [0.15, 0.2) is 36.5 Å². The molecule has 0 aliphatic carbocycles. The predicted molar refractivity (Wildman–Crippen MR) is 66.4 cm³/mol. The van der Waals surface area contributed by atoms with Crippen molar-refractivity contribution >= 4 is 0 Å². The molecular weight excluding hydrogens is 168 g/mol. The van der Waals surface area contributed by atoms with Crippen molar-refractivity contribution in [3.63, 3.8) is 0 Å². The lowest BCUT2D eigenvalue weighted by Crippen LogP contribution is -1.91. The molecule has 0 aliphatic heterocycles. The van der Waals surface area contributed by atoms with Crippen molar-refractivity contribution in [3.8, 4) is 0 Å². The van der Waals surface area contributed by atoms with Crippen LogP contribution in [0.4, 0.5) is 0 Å². The fourth-order valence-electron chi connectivity index (χ4n) is 1.32. The molecule has 0 amide bonds. The molecule has 0 saturated heterocycles. The SMILES string of the molecule is C=CC=CC=C(C)CCCC(C)CC. The standard InChI is InChI=1S/C14H24/c1-5-7-8-10-14(4)12-9-11-13(3)6-2/h5,7-8,10,13H,1,6,9,11-12H2,2-4H3. The fourth-order valence-corrected chi connectivity index (χ4v) is 1.32. The summed E-state index contributed by atoms with van der Waals surface area (Å²) in [6, 6.07) is 0. The van der Waals surface area contributed by atoms with Gasteiger partial charge < -0.3 is 0 Å². The van der Waals surface area contributed by atoms with Crippen LogP contribution in [0.2, 0.25) is 0 Å². The molecule has 0 bridgehead atoms. The van der Waals surface area contributed by atoms with Crippen LogP contribution in [0.5, 0.6) is 0 Å². The van der Waals surface area contributed by atoms with Crippen LogP contribution >= 0.6 is 0 Å². The summed E-state index contributed by atoms with van der Waals surface area (Å²) in [7, 11) is 0. The Bertz CT molecular complexity index is 196. The Kier molecular flexibility index (Phi) is 8.31. The summed E-state index contributed by atoms with van der Waals surface area (Å²) < 4.78 is 0. The van der Waals surface area contributed by atoms with E-state index in [0.29, 0.717) is 0 Å². The zero-order valence-electron chi connectivity index (χ0n) is 9.92. The quantitative estimate of drug-likeness (QED) is 0.504. The van der Waals surface area contributed by atoms with Crippen molar-refractivity contribution in [2.75, 3.05) is 0 Å². The Morgan fingerprint density at radius 2 is 2.07 bits per heavy atom. The minimum atomic E-state index is 0.881. The smallest absolute Gasteiger partial charge is 0.0320 e. The van der Waals surface area contributed by atoms with Crippen LogP contribution in [-0.4, -0.2) is 0 Å². The van der Waals surface area contributed by atoms with E-state index in [-0.39, 0.29) is 0 Å². The molecule has 80 valence electrons. The Labute approximate surface area is 89.4 Å². The van der Waals surface area contributed by atoms with Crippen molar-refractivity contribution in [3.05, 3.63) is 36.5 Å². The molecule has 0 spiro atoms. The second-order valence-corrected chi connectivity index (χ2v) is 4.04. The van der Waals surface area contributed by atoms with Crippen molar-refractivity contribution in [2.45, 2.75) is 46.5 Å². The average Bonchev–Trinajstić information content (AvgIpc) is 2.18. The third-order valence-electron chi connectivity index (χ3n) is 2.59. The Morgan fingerprint density at radius 3 is 2.64 bits per heavy atom. The molecule has 0 saturated carbocycles. The Hall–Kier alpha value is -0.780. The van der Waals surface area contributed by atoms with Gasteiger partial charge in [0.15, 0.2) is 0 Å². The van der Waals surface area contributed by atoms with Crippen molar-refractivity contribution in [2.24, 2.45) is 5.92 Å². The molecule has 0 aromatic heterocycles. The summed E-state index contributed by atoms with van der Waals surface area (Å²) in [5, 5.41) is 0. The summed E-state index contributed by atoms with van der Waals surface area (Å²) in [6.07, 6.45) is 13.2. The highest BCUT2D eigenvalue weighted by Gasteiger charge is 1.97. The second-order valence-electron chi connectivity index (χ2n) is 4.04. The van der Waals surface area contributed by atoms with E-state index in [1.54, 1.807) is 0 Å². The third-order valence-corrected chi connectivity index (χ3v) is 2.59. The zero-order chi connectivity index (χ0) is 10.8. The lowest BCUT2D eigenvalue weighted by molar-refractivity contribution is 0.495. The highest BCUT2D eigenvalue weighted by molar-refractivity contribution is 5.13. The highest BCUT2D eigenvalue weighted by Crippen LogP contribution is 2.14. The first-order valence-electron chi connectivity index (χ1n) is 5.65. The average molecular weight is 192 g/mol. The summed E-state index contributed by atoms with van der Waals surface area (Å²) in [4.78, 5) is 0. The van der Waals surface area contributed by atoms with E-state index in [4.69, 9.17) is 0 Å². The fraction of sp³-hybridized carbons (Fsp3) is 0.571. The van der Waals surface area contributed by atoms with Gasteiger partial charge in [0, 0.05) is 0 Å². The predicted octanol–water partition coefficient (Wildman–Crippen LogP) is 4.89. The first kappa shape index (κ1) is 13.2. The molecule has 0 heteroatoms. The van der Waals surface area contributed by atoms with E-state index in [2.05, 4.69) is 39.5 Å². The van der Waals surface area contributed by atoms with E-state index in [1.165, 1.54) is 31.3 Å². The molecule has 1 unspecified atom stereocenters. The van der Waals surface area contributed by atoms with Gasteiger partial charge in [-0.25, -0.2) is 0 Å². The summed E-state index contributed by atoms with van der Waals surface area (Å²) in [6.45, 7) is 10.4. The lowest BCUT2D eigenvalue weighted by atomic mass is 9.99. The Balaban J connectivity index is 3.62. The van der Waals surface area contributed by atoms with Gasteiger partial charge in [0.1, 0.15) is 0 Å². The highest BCUT2D eigenvalue weighted by atomic mass is 14.0. The zero-order valence-corrected chi connectivity index (χ0v) is 9.92. The molecule has 0 aliphatic rings. The van der Waals surface area contributed by atoms with Gasteiger partial charge >= 0.3 is 0 Å². The van der Waals surface area contributed by atoms with Crippen LogP contribution < -0.4 is 0 Å². The van der Waals surface area contributed by atoms with E-state index in [1.807, 2.05) is 12.2 Å². The molecular formula is C14H24. The molecule has 1 atom stereocenters. The minimum Gasteiger partial charge on any atom is -0.0991 e. The van der Waals surface area contributed by atoms with Crippen molar-refractivity contribution in [1.29, 1.82) is 0 Å². The second kappa shape index (κ2) is 8.80. The summed E-state index contributed by atoms with van der Waals surface area (Å²) >= 11 is 0. The first-order valence-corrected chi connectivity index (χ1v) is 5.65. The van der Waals surface area contributed by atoms with E-state index in [0.717, 1.165) is 5.92 Å². The molecule has 14 heavy (non-hydrogen) atoms. The molecule has 0 N–H and O–H groups in total. The molecule has 0 radical (unpaired) electrons. The topological polar surface area (TPSA) is 0 Å². The van der Waals surface area contributed by atoms with E-state index in [9.17, 15) is 0 Å². The maximum atomic E-state index is 3.64. The maximum Gasteiger partial charge on any atom is -0.0320 e. The first-order chi connectivity index (χ1) is 6.70. The minimum absolute atomic E-state index is 0.881. The number of allylic oxidation sites excluding steroid dienone is 5. The molecule has 0 fully saturated rings. The van der Waals surface area contributed by atoms with Gasteiger partial charge in [-0.15, -0.1) is 0 Å². The van der Waals surface area contributed by atoms with Crippen LogP contribution in [0.25, 0.3) is 0 Å². The van der Waals surface area contributed by atoms with Crippen molar-refractivity contribution in [1.82, 2.24) is 0 Å². The van der Waals surface area contributed by atoms with E-state index >= 15 is 0 Å². The molecule has 0 rings (SSSR count). The van der Waals surface area contributed by atoms with Gasteiger partial charge in [-0.1, -0.05) is 63.1 Å². The summed E-state index contributed by atoms with van der Waals surface area (Å²) in [5.74, 6) is 0.881. The number of hydrogen-bond acceptors (Lipinski definition) is 0. The lowest BCUT2D eigenvalue weighted by Gasteiger charge is -2.07. The molecule has 0 nitrogen and oxygen atoms in total. The van der Waals surface area contributed by atoms with Gasteiger partial charge in [0.25, 0.3) is 0 Å². The summed E-state index contributed by atoms with van der Waals surface area (Å²) in [5.41, 5.74) is 1.46. The Morgan fingerprint density at radius 1 is 1.36 bits per heavy atom. The van der Waals surface area contributed by atoms with Crippen molar-refractivity contribution < 1.29 is 0 Å². The van der Waals surface area contributed by atoms with Gasteiger partial charge in [0.05, 0.1) is 0 Å². The monoisotopic (exact) mass is 192 g/mol. The maximum absolute atomic E-state index is 3.64. The molecule has 0 aromatic carbocycles. The van der Waals surface area contributed by atoms with E-state index < -0.39 is 0 Å². The number of rotatable bonds is 7. The molecule has 0 heterocycles. The molecule has 0 aromatic rings. The third kappa shape index (κ3) is 7.85. The van der Waals surface area contributed by atoms with Gasteiger partial charge in [-0.3, -0.25) is 0 Å². The van der Waals surface area contributed by atoms with Gasteiger partial charge in [0.2, 0.25) is 0 Å². The van der Waals surface area contributed by atoms with Crippen LogP contribution in [0.3, 0.4) is 0 Å². The van der Waals surface area contributed by atoms with Crippen LogP contribution in [0.1, 0.15) is 46.5 Å². The number of hydrogen-bond donors (Lipinski definition) is 0. The normalized spacial score (nSPS) is 14.6. The van der Waals surface area contributed by atoms with Crippen LogP contribution in [-0.2, 0) is 0 Å². The largest absolute Gasteiger partial charge is 0.0991 e. The van der Waals surface area contributed by atoms with Gasteiger partial charge in [-0.05, 0) is 25.7 Å². The van der Waals surface area contributed by atoms with Crippen LogP contribution in [0, 0.1) is 5.92 Å².